The summed E-state index contributed by atoms with van der Waals surface area (Å²) >= 11 is 0. The number of nitrogens with one attached hydrogen (secondary N) is 1. The lowest BCUT2D eigenvalue weighted by molar-refractivity contribution is 0.00173. The summed E-state index contributed by atoms with van der Waals surface area (Å²) in [4.78, 5) is 0. The Bertz CT molecular complexity index is 175. The molecule has 1 fully saturated rings. The van der Waals surface area contributed by atoms with Crippen molar-refractivity contribution >= 4 is 0 Å². The van der Waals surface area contributed by atoms with Gasteiger partial charge in [0.15, 0.2) is 0 Å². The summed E-state index contributed by atoms with van der Waals surface area (Å²) in [5.41, 5.74) is -0.417. The fourth-order valence-electron chi connectivity index (χ4n) is 2.29. The van der Waals surface area contributed by atoms with Gasteiger partial charge >= 0.3 is 0 Å². The van der Waals surface area contributed by atoms with E-state index in [4.69, 9.17) is 0 Å². The predicted molar refractivity (Wildman–Crippen MR) is 65.0 cm³/mol. The second-order valence-corrected chi connectivity index (χ2v) is 5.34. The molecule has 2 atom stereocenters. The highest BCUT2D eigenvalue weighted by Crippen LogP contribution is 2.27. The third kappa shape index (κ3) is 4.12. The molecule has 0 aromatic heterocycles. The van der Waals surface area contributed by atoms with Crippen molar-refractivity contribution in [2.75, 3.05) is 6.54 Å². The smallest absolute Gasteiger partial charge is 0.0771 e. The lowest BCUT2D eigenvalue weighted by Crippen LogP contribution is -2.46. The van der Waals surface area contributed by atoms with E-state index >= 15 is 0 Å². The molecular formula is C13H27NO. The molecule has 0 radical (unpaired) electrons. The molecule has 1 saturated carbocycles. The minimum atomic E-state index is -0.417. The molecule has 2 heteroatoms. The van der Waals surface area contributed by atoms with Gasteiger partial charge in [-0.1, -0.05) is 39.5 Å². The molecule has 0 aromatic carbocycles. The van der Waals surface area contributed by atoms with Crippen LogP contribution in [0.3, 0.4) is 0 Å². The average Bonchev–Trinajstić information content (AvgIpc) is 2.26. The summed E-state index contributed by atoms with van der Waals surface area (Å²) in [6.07, 6.45) is 6.84. The van der Waals surface area contributed by atoms with Gasteiger partial charge in [0.1, 0.15) is 0 Å². The Morgan fingerprint density at radius 1 is 1.20 bits per heavy atom. The van der Waals surface area contributed by atoms with Crippen LogP contribution in [0, 0.1) is 5.92 Å². The van der Waals surface area contributed by atoms with Crippen LogP contribution in [0.15, 0.2) is 0 Å². The van der Waals surface area contributed by atoms with Crippen LogP contribution in [0.25, 0.3) is 0 Å². The van der Waals surface area contributed by atoms with Gasteiger partial charge in [0.05, 0.1) is 5.60 Å². The lowest BCUT2D eigenvalue weighted by Gasteiger charge is -2.34. The number of aliphatic hydroxyl groups is 1. The van der Waals surface area contributed by atoms with Crippen LogP contribution >= 0.6 is 0 Å². The topological polar surface area (TPSA) is 32.3 Å². The molecule has 2 unspecified atom stereocenters. The Labute approximate surface area is 94.5 Å². The fourth-order valence-corrected chi connectivity index (χ4v) is 2.29. The summed E-state index contributed by atoms with van der Waals surface area (Å²) < 4.78 is 0. The quantitative estimate of drug-likeness (QED) is 0.736. The minimum absolute atomic E-state index is 0.417. The summed E-state index contributed by atoms with van der Waals surface area (Å²) in [6, 6.07) is 0.515. The van der Waals surface area contributed by atoms with E-state index in [1.54, 1.807) is 0 Å². The Balaban J connectivity index is 2.28. The zero-order valence-corrected chi connectivity index (χ0v) is 10.6. The van der Waals surface area contributed by atoms with E-state index in [0.29, 0.717) is 12.0 Å². The molecule has 0 aromatic rings. The summed E-state index contributed by atoms with van der Waals surface area (Å²) in [5.74, 6) is 0.692. The van der Waals surface area contributed by atoms with Gasteiger partial charge in [-0.2, -0.15) is 0 Å². The molecule has 15 heavy (non-hydrogen) atoms. The van der Waals surface area contributed by atoms with Crippen LogP contribution in [0.4, 0.5) is 0 Å². The molecule has 0 bridgehead atoms. The minimum Gasteiger partial charge on any atom is -0.389 e. The van der Waals surface area contributed by atoms with E-state index in [1.165, 1.54) is 25.7 Å². The van der Waals surface area contributed by atoms with Gasteiger partial charge < -0.3 is 10.4 Å². The number of hydrogen-bond donors (Lipinski definition) is 2. The Hall–Kier alpha value is -0.0800. The van der Waals surface area contributed by atoms with Gasteiger partial charge in [-0.3, -0.25) is 0 Å². The summed E-state index contributed by atoms with van der Waals surface area (Å²) in [7, 11) is 0. The first-order valence-electron chi connectivity index (χ1n) is 6.53. The van der Waals surface area contributed by atoms with E-state index < -0.39 is 5.60 Å². The van der Waals surface area contributed by atoms with Crippen molar-refractivity contribution in [2.24, 2.45) is 5.92 Å². The molecule has 0 amide bonds. The van der Waals surface area contributed by atoms with E-state index in [2.05, 4.69) is 26.1 Å². The molecule has 0 spiro atoms. The van der Waals surface area contributed by atoms with Crippen LogP contribution in [0.5, 0.6) is 0 Å². The highest BCUT2D eigenvalue weighted by atomic mass is 16.3. The number of hydrogen-bond acceptors (Lipinski definition) is 2. The molecule has 0 saturated heterocycles. The first-order valence-corrected chi connectivity index (χ1v) is 6.53. The average molecular weight is 213 g/mol. The Morgan fingerprint density at radius 2 is 1.80 bits per heavy atom. The van der Waals surface area contributed by atoms with E-state index in [-0.39, 0.29) is 0 Å². The van der Waals surface area contributed by atoms with Gasteiger partial charge in [-0.05, 0) is 25.7 Å². The van der Waals surface area contributed by atoms with Crippen LogP contribution in [-0.2, 0) is 0 Å². The molecule has 0 aliphatic heterocycles. The summed E-state index contributed by atoms with van der Waals surface area (Å²) in [5, 5.41) is 13.8. The summed E-state index contributed by atoms with van der Waals surface area (Å²) in [6.45, 7) is 7.49. The Morgan fingerprint density at radius 3 is 2.33 bits per heavy atom. The first kappa shape index (κ1) is 13.0. The maximum atomic E-state index is 10.3. The van der Waals surface area contributed by atoms with Crippen molar-refractivity contribution < 1.29 is 5.11 Å². The molecule has 0 heterocycles. The molecule has 90 valence electrons. The standard InChI is InChI=1S/C13H27NO/c1-4-11(2)12(3)14-10-13(15)8-6-5-7-9-13/h11-12,14-15H,4-10H2,1-3H3. The van der Waals surface area contributed by atoms with Gasteiger partial charge in [-0.25, -0.2) is 0 Å². The molecule has 2 N–H and O–H groups in total. The third-order valence-electron chi connectivity index (χ3n) is 4.03. The van der Waals surface area contributed by atoms with Crippen molar-refractivity contribution in [1.82, 2.24) is 5.32 Å². The molecule has 2 nitrogen and oxygen atoms in total. The molecule has 1 aliphatic carbocycles. The monoisotopic (exact) mass is 213 g/mol. The lowest BCUT2D eigenvalue weighted by atomic mass is 9.84. The fraction of sp³-hybridized carbons (Fsp3) is 1.00. The third-order valence-corrected chi connectivity index (χ3v) is 4.03. The van der Waals surface area contributed by atoms with Crippen molar-refractivity contribution in [3.05, 3.63) is 0 Å². The maximum absolute atomic E-state index is 10.3. The molecular weight excluding hydrogens is 186 g/mol. The second kappa shape index (κ2) is 5.86. The van der Waals surface area contributed by atoms with Gasteiger partial charge in [-0.15, -0.1) is 0 Å². The van der Waals surface area contributed by atoms with Gasteiger partial charge in [0, 0.05) is 12.6 Å². The van der Waals surface area contributed by atoms with E-state index in [1.807, 2.05) is 0 Å². The first-order chi connectivity index (χ1) is 7.07. The van der Waals surface area contributed by atoms with Crippen molar-refractivity contribution in [1.29, 1.82) is 0 Å². The predicted octanol–water partition coefficient (Wildman–Crippen LogP) is 2.71. The second-order valence-electron chi connectivity index (χ2n) is 5.34. The molecule has 1 rings (SSSR count). The normalized spacial score (nSPS) is 24.8. The van der Waals surface area contributed by atoms with Crippen LogP contribution in [0.2, 0.25) is 0 Å². The van der Waals surface area contributed by atoms with Crippen LogP contribution < -0.4 is 5.32 Å². The highest BCUT2D eigenvalue weighted by Gasteiger charge is 2.29. The maximum Gasteiger partial charge on any atom is 0.0771 e. The van der Waals surface area contributed by atoms with Crippen molar-refractivity contribution in [3.8, 4) is 0 Å². The zero-order valence-electron chi connectivity index (χ0n) is 10.6. The van der Waals surface area contributed by atoms with Crippen molar-refractivity contribution in [2.45, 2.75) is 70.9 Å². The van der Waals surface area contributed by atoms with E-state index in [0.717, 1.165) is 19.4 Å². The highest BCUT2D eigenvalue weighted by molar-refractivity contribution is 4.85. The number of rotatable bonds is 5. The zero-order chi connectivity index (χ0) is 11.3. The van der Waals surface area contributed by atoms with Gasteiger partial charge in [0.25, 0.3) is 0 Å². The van der Waals surface area contributed by atoms with Crippen LogP contribution in [-0.4, -0.2) is 23.3 Å². The largest absolute Gasteiger partial charge is 0.389 e. The van der Waals surface area contributed by atoms with Gasteiger partial charge in [0.2, 0.25) is 0 Å². The SMILES string of the molecule is CCC(C)C(C)NCC1(O)CCCCC1. The molecule has 1 aliphatic rings. The van der Waals surface area contributed by atoms with E-state index in [9.17, 15) is 5.11 Å². The van der Waals surface area contributed by atoms with Crippen molar-refractivity contribution in [3.63, 3.8) is 0 Å². The van der Waals surface area contributed by atoms with Crippen LogP contribution in [0.1, 0.15) is 59.3 Å². The Kier molecular flexibility index (Phi) is 5.07.